The van der Waals surface area contributed by atoms with Gasteiger partial charge in [0.2, 0.25) is 11.8 Å². The molecule has 2 aliphatic rings. The average molecular weight is 546 g/mol. The molecule has 0 radical (unpaired) electrons. The average Bonchev–Trinajstić information content (AvgIpc) is 3.08. The number of aliphatic hydroxyl groups excluding tert-OH is 1. The number of aliphatic hydroxyl groups is 1. The van der Waals surface area contributed by atoms with Gasteiger partial charge in [-0.1, -0.05) is 29.3 Å². The number of rotatable bonds is 6. The van der Waals surface area contributed by atoms with E-state index in [1.54, 1.807) is 43.3 Å². The van der Waals surface area contributed by atoms with Crippen LogP contribution in [0, 0.1) is 6.92 Å². The molecule has 12 heteroatoms. The molecule has 0 aliphatic carbocycles. The summed E-state index contributed by atoms with van der Waals surface area (Å²) in [6.07, 6.45) is -0.0308. The van der Waals surface area contributed by atoms with Crippen molar-refractivity contribution in [3.8, 4) is 0 Å². The van der Waals surface area contributed by atoms with Crippen LogP contribution in [0.2, 0.25) is 10.0 Å². The van der Waals surface area contributed by atoms with Crippen LogP contribution in [0.3, 0.4) is 0 Å². The third-order valence-electron chi connectivity index (χ3n) is 6.11. The number of benzene rings is 2. The van der Waals surface area contributed by atoms with Crippen LogP contribution >= 0.6 is 23.2 Å². The normalized spacial score (nSPS) is 20.3. The zero-order chi connectivity index (χ0) is 26.9. The van der Waals surface area contributed by atoms with Crippen molar-refractivity contribution >= 4 is 58.3 Å². The molecule has 4 rings (SSSR count). The van der Waals surface area contributed by atoms with E-state index in [2.05, 4.69) is 21.3 Å². The van der Waals surface area contributed by atoms with Crippen LogP contribution in [-0.4, -0.2) is 46.0 Å². The van der Waals surface area contributed by atoms with Crippen molar-refractivity contribution in [3.63, 3.8) is 0 Å². The van der Waals surface area contributed by atoms with Gasteiger partial charge in [-0.05, 0) is 61.7 Å². The molecule has 10 nitrogen and oxygen atoms in total. The molecule has 2 aromatic carbocycles. The number of imide groups is 1. The summed E-state index contributed by atoms with van der Waals surface area (Å²) < 4.78 is 0. The lowest BCUT2D eigenvalue weighted by atomic mass is 10.0. The Balaban J connectivity index is 1.43. The summed E-state index contributed by atoms with van der Waals surface area (Å²) in [4.78, 5) is 49.7. The Morgan fingerprint density at radius 2 is 1.89 bits per heavy atom. The molecule has 1 fully saturated rings. The molecule has 37 heavy (non-hydrogen) atoms. The SMILES string of the molecule is Cc1ccc(NC(=O)NC(C)c2cc(Cl)cc(NC3=CC(=O)N(C4CCC(=O)NC4=O)C3O)c2)cc1Cl. The Bertz CT molecular complexity index is 1310. The largest absolute Gasteiger partial charge is 0.368 e. The van der Waals surface area contributed by atoms with Crippen LogP contribution in [0.15, 0.2) is 48.2 Å². The highest BCUT2D eigenvalue weighted by Gasteiger charge is 2.42. The summed E-state index contributed by atoms with van der Waals surface area (Å²) in [6.45, 7) is 3.64. The first-order chi connectivity index (χ1) is 17.5. The Kier molecular flexibility index (Phi) is 7.72. The fourth-order valence-electron chi connectivity index (χ4n) is 4.14. The molecule has 5 amide bonds. The monoisotopic (exact) mass is 545 g/mol. The van der Waals surface area contributed by atoms with Crippen LogP contribution in [0.25, 0.3) is 0 Å². The predicted molar refractivity (Wildman–Crippen MR) is 139 cm³/mol. The standard InChI is InChI=1S/C25H25Cl2N5O5/c1-12-3-4-16(10-18(12)27)30-25(37)28-13(2)14-7-15(26)9-17(8-14)29-19-11-22(34)32(24(19)36)20-5-6-21(33)31-23(20)35/h3-4,7-11,13,20,24,29,36H,5-6H2,1-2H3,(H2,28,30,37)(H,31,33,35). The number of urea groups is 1. The van der Waals surface area contributed by atoms with Crippen molar-refractivity contribution in [2.45, 2.75) is 45.0 Å². The van der Waals surface area contributed by atoms with Gasteiger partial charge in [0.25, 0.3) is 5.91 Å². The van der Waals surface area contributed by atoms with Gasteiger partial charge in [0.1, 0.15) is 6.04 Å². The van der Waals surface area contributed by atoms with Crippen molar-refractivity contribution in [2.75, 3.05) is 10.6 Å². The Hall–Kier alpha value is -3.60. The number of piperidine rings is 1. The van der Waals surface area contributed by atoms with Crippen LogP contribution in [0.5, 0.6) is 0 Å². The second-order valence-electron chi connectivity index (χ2n) is 8.87. The highest BCUT2D eigenvalue weighted by Crippen LogP contribution is 2.29. The van der Waals surface area contributed by atoms with E-state index >= 15 is 0 Å². The molecule has 0 spiro atoms. The van der Waals surface area contributed by atoms with Crippen molar-refractivity contribution in [1.82, 2.24) is 15.5 Å². The highest BCUT2D eigenvalue weighted by atomic mass is 35.5. The third-order valence-corrected chi connectivity index (χ3v) is 6.73. The molecule has 194 valence electrons. The first-order valence-corrected chi connectivity index (χ1v) is 12.2. The van der Waals surface area contributed by atoms with E-state index in [9.17, 15) is 24.3 Å². The fraction of sp³-hybridized carbons (Fsp3) is 0.280. The molecule has 1 saturated heterocycles. The van der Waals surface area contributed by atoms with Gasteiger partial charge in [-0.25, -0.2) is 4.79 Å². The summed E-state index contributed by atoms with van der Waals surface area (Å²) >= 11 is 12.4. The van der Waals surface area contributed by atoms with Gasteiger partial charge in [0.15, 0.2) is 6.23 Å². The smallest absolute Gasteiger partial charge is 0.319 e. The number of anilines is 2. The summed E-state index contributed by atoms with van der Waals surface area (Å²) in [5.74, 6) is -1.61. The fourth-order valence-corrected chi connectivity index (χ4v) is 4.57. The van der Waals surface area contributed by atoms with E-state index in [1.165, 1.54) is 6.08 Å². The number of carbonyl (C=O) groups is 4. The first kappa shape index (κ1) is 26.5. The van der Waals surface area contributed by atoms with E-state index < -0.39 is 42.1 Å². The van der Waals surface area contributed by atoms with E-state index in [4.69, 9.17) is 23.2 Å². The maximum absolute atomic E-state index is 12.6. The second kappa shape index (κ2) is 10.8. The van der Waals surface area contributed by atoms with E-state index in [-0.39, 0.29) is 18.5 Å². The lowest BCUT2D eigenvalue weighted by Crippen LogP contribution is -2.55. The zero-order valence-corrected chi connectivity index (χ0v) is 21.5. The van der Waals surface area contributed by atoms with Gasteiger partial charge in [-0.15, -0.1) is 0 Å². The quantitative estimate of drug-likeness (QED) is 0.352. The Morgan fingerprint density at radius 3 is 2.59 bits per heavy atom. The lowest BCUT2D eigenvalue weighted by Gasteiger charge is -2.32. The van der Waals surface area contributed by atoms with Crippen LogP contribution in [-0.2, 0) is 14.4 Å². The molecule has 2 aliphatic heterocycles. The van der Waals surface area contributed by atoms with Crippen LogP contribution in [0.1, 0.15) is 36.9 Å². The highest BCUT2D eigenvalue weighted by molar-refractivity contribution is 6.31. The summed E-state index contributed by atoms with van der Waals surface area (Å²) in [5.41, 5.74) is 2.71. The number of nitrogens with zero attached hydrogens (tertiary/aromatic N) is 1. The molecular formula is C25H25Cl2N5O5. The van der Waals surface area contributed by atoms with Crippen molar-refractivity contribution < 1.29 is 24.3 Å². The Morgan fingerprint density at radius 1 is 1.14 bits per heavy atom. The van der Waals surface area contributed by atoms with Crippen LogP contribution in [0.4, 0.5) is 16.2 Å². The number of amides is 5. The second-order valence-corrected chi connectivity index (χ2v) is 9.71. The summed E-state index contributed by atoms with van der Waals surface area (Å²) in [5, 5.41) is 22.4. The number of hydrogen-bond donors (Lipinski definition) is 5. The third kappa shape index (κ3) is 6.04. The summed E-state index contributed by atoms with van der Waals surface area (Å²) in [6, 6.07) is 8.33. The van der Waals surface area contributed by atoms with Gasteiger partial charge < -0.3 is 21.1 Å². The van der Waals surface area contributed by atoms with Gasteiger partial charge in [0, 0.05) is 33.9 Å². The van der Waals surface area contributed by atoms with E-state index in [1.807, 2.05) is 6.92 Å². The zero-order valence-electron chi connectivity index (χ0n) is 20.0. The number of carbonyl (C=O) groups excluding carboxylic acids is 4. The first-order valence-electron chi connectivity index (χ1n) is 11.5. The van der Waals surface area contributed by atoms with E-state index in [0.29, 0.717) is 27.0 Å². The number of hydrogen-bond acceptors (Lipinski definition) is 6. The minimum Gasteiger partial charge on any atom is -0.368 e. The maximum atomic E-state index is 12.6. The lowest BCUT2D eigenvalue weighted by molar-refractivity contribution is -0.148. The molecule has 2 heterocycles. The number of halogens is 2. The van der Waals surface area contributed by atoms with Gasteiger partial charge in [-0.3, -0.25) is 24.6 Å². The molecule has 5 N–H and O–H groups in total. The predicted octanol–water partition coefficient (Wildman–Crippen LogP) is 3.45. The van der Waals surface area contributed by atoms with Crippen molar-refractivity contribution in [2.24, 2.45) is 0 Å². The minimum atomic E-state index is -1.42. The molecule has 0 bridgehead atoms. The molecule has 0 saturated carbocycles. The molecule has 0 aromatic heterocycles. The number of aryl methyl sites for hydroxylation is 1. The molecule has 3 unspecified atom stereocenters. The van der Waals surface area contributed by atoms with Crippen molar-refractivity contribution in [1.29, 1.82) is 0 Å². The molecule has 2 aromatic rings. The maximum Gasteiger partial charge on any atom is 0.319 e. The minimum absolute atomic E-state index is 0.0722. The van der Waals surface area contributed by atoms with E-state index in [0.717, 1.165) is 10.5 Å². The van der Waals surface area contributed by atoms with Gasteiger partial charge >= 0.3 is 6.03 Å². The van der Waals surface area contributed by atoms with Gasteiger partial charge in [-0.2, -0.15) is 0 Å². The summed E-state index contributed by atoms with van der Waals surface area (Å²) in [7, 11) is 0. The molecular weight excluding hydrogens is 521 g/mol. The van der Waals surface area contributed by atoms with Crippen molar-refractivity contribution in [3.05, 3.63) is 69.3 Å². The van der Waals surface area contributed by atoms with Gasteiger partial charge in [0.05, 0.1) is 11.7 Å². The molecule has 3 atom stereocenters. The topological polar surface area (TPSA) is 140 Å². The van der Waals surface area contributed by atoms with Crippen LogP contribution < -0.4 is 21.3 Å². The Labute approximate surface area is 223 Å². The number of nitrogens with one attached hydrogen (secondary N) is 4.